The topological polar surface area (TPSA) is 52.7 Å². The van der Waals surface area contributed by atoms with Gasteiger partial charge in [-0.1, -0.05) is 6.92 Å². The molecular formula is C14H25N3O2S2. The third kappa shape index (κ3) is 3.84. The van der Waals surface area contributed by atoms with E-state index in [-0.39, 0.29) is 6.04 Å². The number of likely N-dealkylation sites (tertiary alicyclic amines) is 1. The Kier molecular flexibility index (Phi) is 5.79. The predicted octanol–water partition coefficient (Wildman–Crippen LogP) is 1.57. The second-order valence-corrected chi connectivity index (χ2v) is 8.46. The zero-order valence-corrected chi connectivity index (χ0v) is 14.6. The van der Waals surface area contributed by atoms with E-state index in [2.05, 4.69) is 17.1 Å². The Labute approximate surface area is 132 Å². The van der Waals surface area contributed by atoms with Crippen LogP contribution in [-0.4, -0.2) is 57.4 Å². The largest absolute Gasteiger partial charge is 0.315 e. The molecule has 0 radical (unpaired) electrons. The minimum absolute atomic E-state index is 0.116. The van der Waals surface area contributed by atoms with Crippen molar-refractivity contribution in [2.24, 2.45) is 0 Å². The molecular weight excluding hydrogens is 306 g/mol. The van der Waals surface area contributed by atoms with Crippen LogP contribution in [0.5, 0.6) is 0 Å². The number of rotatable bonds is 6. The Morgan fingerprint density at radius 1 is 1.43 bits per heavy atom. The van der Waals surface area contributed by atoms with Crippen LogP contribution in [0.1, 0.15) is 24.6 Å². The lowest BCUT2D eigenvalue weighted by Crippen LogP contribution is -2.45. The van der Waals surface area contributed by atoms with Gasteiger partial charge in [-0.3, -0.25) is 0 Å². The second kappa shape index (κ2) is 7.19. The lowest BCUT2D eigenvalue weighted by Gasteiger charge is -2.35. The third-order valence-corrected chi connectivity index (χ3v) is 7.15. The molecule has 0 aliphatic carbocycles. The molecule has 5 nitrogen and oxygen atoms in total. The van der Waals surface area contributed by atoms with Crippen molar-refractivity contribution in [1.29, 1.82) is 0 Å². The molecule has 1 aromatic heterocycles. The quantitative estimate of drug-likeness (QED) is 0.860. The summed E-state index contributed by atoms with van der Waals surface area (Å²) >= 11 is 1.49. The van der Waals surface area contributed by atoms with Crippen LogP contribution in [0.4, 0.5) is 0 Å². The summed E-state index contributed by atoms with van der Waals surface area (Å²) in [4.78, 5) is 3.84. The number of piperidine rings is 1. The average molecular weight is 332 g/mol. The number of thiophene rings is 1. The van der Waals surface area contributed by atoms with Crippen LogP contribution in [0.25, 0.3) is 0 Å². The van der Waals surface area contributed by atoms with Crippen LogP contribution in [0.3, 0.4) is 0 Å². The van der Waals surface area contributed by atoms with Gasteiger partial charge in [0.05, 0.1) is 4.90 Å². The highest BCUT2D eigenvalue weighted by atomic mass is 32.2. The van der Waals surface area contributed by atoms with E-state index >= 15 is 0 Å². The van der Waals surface area contributed by atoms with Gasteiger partial charge in [0.1, 0.15) is 0 Å². The molecule has 0 unspecified atom stereocenters. The number of nitrogens with zero attached hydrogens (tertiary/aromatic N) is 2. The summed E-state index contributed by atoms with van der Waals surface area (Å²) in [6.07, 6.45) is 1.83. The van der Waals surface area contributed by atoms with Crippen molar-refractivity contribution in [2.45, 2.75) is 37.2 Å². The van der Waals surface area contributed by atoms with Gasteiger partial charge in [-0.2, -0.15) is 4.31 Å². The first-order valence-corrected chi connectivity index (χ1v) is 9.73. The van der Waals surface area contributed by atoms with Gasteiger partial charge >= 0.3 is 0 Å². The highest BCUT2D eigenvalue weighted by Gasteiger charge is 2.31. The van der Waals surface area contributed by atoms with Gasteiger partial charge in [0, 0.05) is 29.9 Å². The smallest absolute Gasteiger partial charge is 0.243 e. The van der Waals surface area contributed by atoms with E-state index in [1.807, 2.05) is 7.05 Å². The molecule has 21 heavy (non-hydrogen) atoms. The fourth-order valence-corrected chi connectivity index (χ4v) is 5.41. The van der Waals surface area contributed by atoms with E-state index < -0.39 is 10.0 Å². The van der Waals surface area contributed by atoms with Crippen LogP contribution in [0, 0.1) is 0 Å². The molecule has 1 aromatic rings. The fraction of sp³-hybridized carbons (Fsp3) is 0.714. The van der Waals surface area contributed by atoms with Crippen LogP contribution >= 0.6 is 11.3 Å². The van der Waals surface area contributed by atoms with Crippen molar-refractivity contribution in [3.63, 3.8) is 0 Å². The van der Waals surface area contributed by atoms with E-state index in [0.29, 0.717) is 11.4 Å². The first kappa shape index (κ1) is 16.9. The van der Waals surface area contributed by atoms with Crippen molar-refractivity contribution >= 4 is 21.4 Å². The standard InChI is InChI=1S/C14H25N3O2S2/c1-4-17-7-5-12(6-8-17)16(3)21(18,19)14-9-13(10-15-2)20-11-14/h9,11-12,15H,4-8,10H2,1-3H3. The molecule has 0 spiro atoms. The van der Waals surface area contributed by atoms with Crippen molar-refractivity contribution in [2.75, 3.05) is 33.7 Å². The summed E-state index contributed by atoms with van der Waals surface area (Å²) < 4.78 is 27.0. The van der Waals surface area contributed by atoms with Crippen molar-refractivity contribution in [1.82, 2.24) is 14.5 Å². The fourth-order valence-electron chi connectivity index (χ4n) is 2.72. The number of hydrogen-bond donors (Lipinski definition) is 1. The van der Waals surface area contributed by atoms with Gasteiger partial charge in [-0.25, -0.2) is 8.42 Å². The van der Waals surface area contributed by atoms with Gasteiger partial charge in [0.15, 0.2) is 0 Å². The van der Waals surface area contributed by atoms with Gasteiger partial charge in [0.25, 0.3) is 0 Å². The van der Waals surface area contributed by atoms with Gasteiger partial charge in [-0.05, 0) is 45.6 Å². The molecule has 0 atom stereocenters. The van der Waals surface area contributed by atoms with Crippen molar-refractivity contribution in [3.8, 4) is 0 Å². The van der Waals surface area contributed by atoms with E-state index in [0.717, 1.165) is 37.4 Å². The van der Waals surface area contributed by atoms with E-state index in [1.54, 1.807) is 22.8 Å². The Morgan fingerprint density at radius 3 is 2.67 bits per heavy atom. The predicted molar refractivity (Wildman–Crippen MR) is 87.2 cm³/mol. The zero-order chi connectivity index (χ0) is 15.5. The monoisotopic (exact) mass is 331 g/mol. The maximum atomic E-state index is 12.7. The van der Waals surface area contributed by atoms with Crippen LogP contribution < -0.4 is 5.32 Å². The molecule has 0 bridgehead atoms. The summed E-state index contributed by atoms with van der Waals surface area (Å²) in [5.41, 5.74) is 0. The van der Waals surface area contributed by atoms with Gasteiger partial charge in [-0.15, -0.1) is 11.3 Å². The Balaban J connectivity index is 2.07. The minimum atomic E-state index is -3.36. The number of sulfonamides is 1. The van der Waals surface area contributed by atoms with Crippen LogP contribution in [0.2, 0.25) is 0 Å². The zero-order valence-electron chi connectivity index (χ0n) is 13.0. The Bertz CT molecular complexity index is 548. The van der Waals surface area contributed by atoms with Crippen molar-refractivity contribution < 1.29 is 8.42 Å². The maximum Gasteiger partial charge on any atom is 0.243 e. The van der Waals surface area contributed by atoms with E-state index in [9.17, 15) is 8.42 Å². The van der Waals surface area contributed by atoms with Gasteiger partial charge < -0.3 is 10.2 Å². The van der Waals surface area contributed by atoms with Crippen LogP contribution in [0.15, 0.2) is 16.3 Å². The molecule has 7 heteroatoms. The Morgan fingerprint density at radius 2 is 2.10 bits per heavy atom. The normalized spacial score (nSPS) is 18.5. The molecule has 1 fully saturated rings. The molecule has 1 saturated heterocycles. The lowest BCUT2D eigenvalue weighted by molar-refractivity contribution is 0.176. The highest BCUT2D eigenvalue weighted by Crippen LogP contribution is 2.26. The van der Waals surface area contributed by atoms with E-state index in [4.69, 9.17) is 0 Å². The summed E-state index contributed by atoms with van der Waals surface area (Å²) in [5, 5.41) is 4.80. The summed E-state index contributed by atoms with van der Waals surface area (Å²) in [7, 11) is 0.219. The molecule has 1 aliphatic rings. The Hall–Kier alpha value is -0.470. The molecule has 0 aromatic carbocycles. The maximum absolute atomic E-state index is 12.7. The molecule has 0 saturated carbocycles. The molecule has 0 amide bonds. The molecule has 1 N–H and O–H groups in total. The molecule has 2 heterocycles. The molecule has 1 aliphatic heterocycles. The first-order valence-electron chi connectivity index (χ1n) is 7.41. The van der Waals surface area contributed by atoms with Gasteiger partial charge in [0.2, 0.25) is 10.0 Å². The average Bonchev–Trinajstić information content (AvgIpc) is 2.96. The highest BCUT2D eigenvalue weighted by molar-refractivity contribution is 7.89. The van der Waals surface area contributed by atoms with E-state index in [1.165, 1.54) is 11.3 Å². The summed E-state index contributed by atoms with van der Waals surface area (Å²) in [6.45, 7) is 5.86. The first-order chi connectivity index (χ1) is 9.98. The lowest BCUT2D eigenvalue weighted by atomic mass is 10.1. The van der Waals surface area contributed by atoms with Crippen LogP contribution in [-0.2, 0) is 16.6 Å². The molecule has 120 valence electrons. The minimum Gasteiger partial charge on any atom is -0.315 e. The summed E-state index contributed by atoms with van der Waals surface area (Å²) in [5.74, 6) is 0. The summed E-state index contributed by atoms with van der Waals surface area (Å²) in [6, 6.07) is 1.90. The molecule has 2 rings (SSSR count). The second-order valence-electron chi connectivity index (χ2n) is 5.47. The SMILES string of the molecule is CCN1CCC(N(C)S(=O)(=O)c2csc(CNC)c2)CC1. The third-order valence-electron chi connectivity index (χ3n) is 4.18. The number of nitrogens with one attached hydrogen (secondary N) is 1. The van der Waals surface area contributed by atoms with Crippen molar-refractivity contribution in [3.05, 3.63) is 16.3 Å². The number of hydrogen-bond acceptors (Lipinski definition) is 5.